The first-order valence-electron chi connectivity index (χ1n) is 10.7. The van der Waals surface area contributed by atoms with Crippen LogP contribution >= 0.6 is 0 Å². The molecule has 1 amide bonds. The van der Waals surface area contributed by atoms with Gasteiger partial charge >= 0.3 is 0 Å². The number of nitrogens with one attached hydrogen (secondary N) is 2. The Morgan fingerprint density at radius 2 is 2.00 bits per heavy atom. The van der Waals surface area contributed by atoms with E-state index in [1.807, 2.05) is 12.1 Å². The predicted molar refractivity (Wildman–Crippen MR) is 122 cm³/mol. The van der Waals surface area contributed by atoms with E-state index in [1.54, 1.807) is 7.11 Å². The lowest BCUT2D eigenvalue weighted by atomic mass is 9.76. The van der Waals surface area contributed by atoms with Crippen molar-refractivity contribution < 1.29 is 9.53 Å². The van der Waals surface area contributed by atoms with Crippen molar-refractivity contribution in [3.05, 3.63) is 71.3 Å². The molecule has 0 spiro atoms. The number of hydrogen-bond acceptors (Lipinski definition) is 4. The number of nitrogens with zero attached hydrogens (tertiary/aromatic N) is 1. The van der Waals surface area contributed by atoms with Gasteiger partial charge in [0.05, 0.1) is 17.3 Å². The number of para-hydroxylation sites is 1. The molecule has 30 heavy (non-hydrogen) atoms. The Kier molecular flexibility index (Phi) is 6.09. The van der Waals surface area contributed by atoms with Crippen LogP contribution in [-0.4, -0.2) is 40.3 Å². The highest BCUT2D eigenvalue weighted by atomic mass is 16.5. The molecule has 0 radical (unpaired) electrons. The Labute approximate surface area is 179 Å². The molecule has 3 unspecified atom stereocenters. The largest absolute Gasteiger partial charge is 0.385 e. The zero-order valence-corrected chi connectivity index (χ0v) is 18.0. The maximum atomic E-state index is 12.9. The molecule has 0 bridgehead atoms. The topological polar surface area (TPSA) is 53.6 Å². The molecule has 0 aromatic heterocycles. The third-order valence-electron chi connectivity index (χ3n) is 6.22. The highest BCUT2D eigenvalue weighted by Gasteiger charge is 2.39. The number of fused-ring (bicyclic) bond motifs is 3. The lowest BCUT2D eigenvalue weighted by Crippen LogP contribution is -2.32. The summed E-state index contributed by atoms with van der Waals surface area (Å²) in [5.41, 5.74) is 5.36. The van der Waals surface area contributed by atoms with Gasteiger partial charge in [-0.3, -0.25) is 4.79 Å². The Bertz CT molecular complexity index is 920. The fourth-order valence-corrected chi connectivity index (χ4v) is 4.63. The summed E-state index contributed by atoms with van der Waals surface area (Å²) in [6, 6.07) is 15.0. The summed E-state index contributed by atoms with van der Waals surface area (Å²) in [5, 5.41) is 6.78. The van der Waals surface area contributed by atoms with Gasteiger partial charge in [-0.1, -0.05) is 36.4 Å². The van der Waals surface area contributed by atoms with Gasteiger partial charge in [0, 0.05) is 46.0 Å². The number of allylic oxidation sites excluding steroid dienone is 2. The first kappa shape index (κ1) is 20.5. The van der Waals surface area contributed by atoms with E-state index in [4.69, 9.17) is 4.74 Å². The number of carbonyl (C=O) groups excluding carboxylic acids is 1. The van der Waals surface area contributed by atoms with Gasteiger partial charge in [0.2, 0.25) is 0 Å². The van der Waals surface area contributed by atoms with E-state index < -0.39 is 0 Å². The Morgan fingerprint density at radius 1 is 1.20 bits per heavy atom. The zero-order valence-electron chi connectivity index (χ0n) is 18.0. The van der Waals surface area contributed by atoms with Gasteiger partial charge in [0.1, 0.15) is 0 Å². The number of benzene rings is 2. The molecule has 0 saturated heterocycles. The van der Waals surface area contributed by atoms with Gasteiger partial charge in [-0.2, -0.15) is 0 Å². The summed E-state index contributed by atoms with van der Waals surface area (Å²) < 4.78 is 5.08. The molecule has 5 heteroatoms. The van der Waals surface area contributed by atoms with Crippen LogP contribution in [0.25, 0.3) is 0 Å². The highest BCUT2D eigenvalue weighted by Crippen LogP contribution is 2.50. The van der Waals surface area contributed by atoms with Gasteiger partial charge < -0.3 is 20.3 Å². The molecule has 1 aliphatic carbocycles. The zero-order chi connectivity index (χ0) is 21.1. The number of rotatable bonds is 7. The van der Waals surface area contributed by atoms with E-state index in [9.17, 15) is 4.79 Å². The fraction of sp³-hybridized carbons (Fsp3) is 0.400. The van der Waals surface area contributed by atoms with Crippen molar-refractivity contribution >= 4 is 17.3 Å². The van der Waals surface area contributed by atoms with E-state index in [-0.39, 0.29) is 11.9 Å². The van der Waals surface area contributed by atoms with Crippen molar-refractivity contribution in [2.75, 3.05) is 44.6 Å². The van der Waals surface area contributed by atoms with Gasteiger partial charge in [0.15, 0.2) is 0 Å². The van der Waals surface area contributed by atoms with Crippen LogP contribution in [0.1, 0.15) is 46.3 Å². The second-order valence-electron chi connectivity index (χ2n) is 8.33. The van der Waals surface area contributed by atoms with Crippen LogP contribution in [0.4, 0.5) is 11.4 Å². The van der Waals surface area contributed by atoms with Crippen LogP contribution in [0.15, 0.2) is 54.6 Å². The molecule has 0 saturated carbocycles. The third-order valence-corrected chi connectivity index (χ3v) is 6.22. The Hall–Kier alpha value is -2.79. The normalized spacial score (nSPS) is 21.5. The summed E-state index contributed by atoms with van der Waals surface area (Å²) >= 11 is 0. The molecule has 158 valence electrons. The SMILES string of the molecule is COCCCNC(=O)c1cccc2c1NC(c1ccc(N(C)C)cc1)C1CC=CC21. The van der Waals surface area contributed by atoms with Crippen LogP contribution in [0.2, 0.25) is 0 Å². The third kappa shape index (κ3) is 3.94. The Balaban J connectivity index is 1.63. The fourth-order valence-electron chi connectivity index (χ4n) is 4.63. The van der Waals surface area contributed by atoms with Crippen LogP contribution in [-0.2, 0) is 4.74 Å². The molecule has 2 aromatic rings. The lowest BCUT2D eigenvalue weighted by molar-refractivity contribution is 0.0949. The van der Waals surface area contributed by atoms with Crippen molar-refractivity contribution in [3.63, 3.8) is 0 Å². The van der Waals surface area contributed by atoms with Crippen molar-refractivity contribution in [2.24, 2.45) is 5.92 Å². The van der Waals surface area contributed by atoms with E-state index >= 15 is 0 Å². The van der Waals surface area contributed by atoms with Crippen molar-refractivity contribution in [2.45, 2.75) is 24.8 Å². The van der Waals surface area contributed by atoms with Crippen LogP contribution in [0, 0.1) is 5.92 Å². The van der Waals surface area contributed by atoms with E-state index in [1.165, 1.54) is 16.8 Å². The average Bonchev–Trinajstić information content (AvgIpc) is 3.26. The molecule has 0 fully saturated rings. The van der Waals surface area contributed by atoms with Crippen LogP contribution in [0.3, 0.4) is 0 Å². The number of methoxy groups -OCH3 is 1. The monoisotopic (exact) mass is 405 g/mol. The first-order chi connectivity index (χ1) is 14.6. The van der Waals surface area contributed by atoms with E-state index in [2.05, 4.69) is 72.1 Å². The van der Waals surface area contributed by atoms with Gasteiger partial charge in [-0.05, 0) is 48.1 Å². The molecule has 4 rings (SSSR count). The van der Waals surface area contributed by atoms with Gasteiger partial charge in [-0.15, -0.1) is 0 Å². The van der Waals surface area contributed by atoms with E-state index in [0.29, 0.717) is 25.0 Å². The number of anilines is 2. The smallest absolute Gasteiger partial charge is 0.253 e. The highest BCUT2D eigenvalue weighted by molar-refractivity contribution is 6.00. The predicted octanol–water partition coefficient (Wildman–Crippen LogP) is 4.35. The molecular formula is C25H31N3O2. The summed E-state index contributed by atoms with van der Waals surface area (Å²) in [6.07, 6.45) is 6.44. The standard InChI is InChI=1S/C25H31N3O2/c1-28(2)18-13-11-17(12-14-18)23-20-8-4-7-19(20)21-9-5-10-22(24(21)27-23)25(29)26-15-6-16-30-3/h4-5,7,9-14,19-20,23,27H,6,8,15-16H2,1-3H3,(H,26,29). The van der Waals surface area contributed by atoms with Gasteiger partial charge in [-0.25, -0.2) is 0 Å². The Morgan fingerprint density at radius 3 is 2.73 bits per heavy atom. The number of ether oxygens (including phenoxy) is 1. The number of amides is 1. The summed E-state index contributed by atoms with van der Waals surface area (Å²) in [4.78, 5) is 15.0. The minimum atomic E-state index is -0.0300. The first-order valence-corrected chi connectivity index (χ1v) is 10.7. The summed E-state index contributed by atoms with van der Waals surface area (Å²) in [6.45, 7) is 1.25. The van der Waals surface area contributed by atoms with Gasteiger partial charge in [0.25, 0.3) is 5.91 Å². The molecule has 3 atom stereocenters. The molecule has 2 aliphatic rings. The molecule has 5 nitrogen and oxygen atoms in total. The molecule has 1 aliphatic heterocycles. The summed E-state index contributed by atoms with van der Waals surface area (Å²) in [7, 11) is 5.78. The second kappa shape index (κ2) is 8.92. The quantitative estimate of drug-likeness (QED) is 0.531. The van der Waals surface area contributed by atoms with Crippen molar-refractivity contribution in [3.8, 4) is 0 Å². The second-order valence-corrected chi connectivity index (χ2v) is 8.33. The van der Waals surface area contributed by atoms with Crippen molar-refractivity contribution in [1.29, 1.82) is 0 Å². The lowest BCUT2D eigenvalue weighted by Gasteiger charge is -2.38. The molecule has 2 N–H and O–H groups in total. The minimum Gasteiger partial charge on any atom is -0.385 e. The van der Waals surface area contributed by atoms with E-state index in [0.717, 1.165) is 24.1 Å². The summed E-state index contributed by atoms with van der Waals surface area (Å²) in [5.74, 6) is 0.765. The average molecular weight is 406 g/mol. The molecule has 2 aromatic carbocycles. The number of carbonyl (C=O) groups is 1. The van der Waals surface area contributed by atoms with Crippen molar-refractivity contribution in [1.82, 2.24) is 5.32 Å². The number of hydrogen-bond donors (Lipinski definition) is 2. The van der Waals surface area contributed by atoms with Crippen LogP contribution < -0.4 is 15.5 Å². The maximum absolute atomic E-state index is 12.9. The molecular weight excluding hydrogens is 374 g/mol. The minimum absolute atomic E-state index is 0.0300. The molecule has 1 heterocycles. The maximum Gasteiger partial charge on any atom is 0.253 e. The van der Waals surface area contributed by atoms with Crippen LogP contribution in [0.5, 0.6) is 0 Å².